The third-order valence-electron chi connectivity index (χ3n) is 3.68. The minimum atomic E-state index is -1.12. The molecule has 1 aromatic carbocycles. The zero-order chi connectivity index (χ0) is 20.0. The molecule has 1 heterocycles. The molecule has 1 aromatic rings. The van der Waals surface area contributed by atoms with Crippen LogP contribution in [0.3, 0.4) is 0 Å². The summed E-state index contributed by atoms with van der Waals surface area (Å²) in [6, 6.07) is 6.70. The lowest BCUT2D eigenvalue weighted by Crippen LogP contribution is -2.46. The van der Waals surface area contributed by atoms with Crippen LogP contribution in [-0.4, -0.2) is 48.3 Å². The van der Waals surface area contributed by atoms with Crippen LogP contribution in [0.5, 0.6) is 0 Å². The monoisotopic (exact) mass is 393 g/mol. The highest BCUT2D eigenvalue weighted by atomic mass is 32.2. The molecule has 0 saturated carbocycles. The van der Waals surface area contributed by atoms with Crippen molar-refractivity contribution < 1.29 is 23.9 Å². The molecular formula is C18H23N3O5S. The molecule has 1 aliphatic heterocycles. The largest absolute Gasteiger partial charge is 0.452 e. The molecule has 0 unspecified atom stereocenters. The summed E-state index contributed by atoms with van der Waals surface area (Å²) in [6.45, 7) is 5.06. The molecule has 0 saturated heterocycles. The Morgan fingerprint density at radius 1 is 1.22 bits per heavy atom. The van der Waals surface area contributed by atoms with Crippen LogP contribution in [0.25, 0.3) is 0 Å². The van der Waals surface area contributed by atoms with E-state index in [4.69, 9.17) is 4.74 Å². The summed E-state index contributed by atoms with van der Waals surface area (Å²) < 4.78 is 5.06. The van der Waals surface area contributed by atoms with Crippen LogP contribution < -0.4 is 15.5 Å². The lowest BCUT2D eigenvalue weighted by atomic mass is 10.2. The molecule has 4 amide bonds. The lowest BCUT2D eigenvalue weighted by Gasteiger charge is -2.28. The Labute approximate surface area is 162 Å². The summed E-state index contributed by atoms with van der Waals surface area (Å²) in [6.07, 6.45) is -1.17. The average molecular weight is 393 g/mol. The number of fused-ring (bicyclic) bond motifs is 1. The van der Waals surface area contributed by atoms with Crippen molar-refractivity contribution in [2.24, 2.45) is 0 Å². The summed E-state index contributed by atoms with van der Waals surface area (Å²) in [4.78, 5) is 50.1. The summed E-state index contributed by atoms with van der Waals surface area (Å²) >= 11 is 1.46. The molecule has 1 atom stereocenters. The fraction of sp³-hybridized carbons (Fsp3) is 0.444. The third-order valence-corrected chi connectivity index (χ3v) is 4.73. The van der Waals surface area contributed by atoms with Crippen molar-refractivity contribution in [3.63, 3.8) is 0 Å². The van der Waals surface area contributed by atoms with Crippen molar-refractivity contribution in [3.05, 3.63) is 24.3 Å². The van der Waals surface area contributed by atoms with Gasteiger partial charge in [-0.3, -0.25) is 19.7 Å². The second kappa shape index (κ2) is 9.40. The standard InChI is InChI=1S/C18H23N3O5S/c1-11(2)19-18(25)20-17(24)12(3)26-16(23)8-9-21-13-6-4-5-7-14(13)27-10-15(21)22/h4-7,11-12H,8-10H2,1-3H3,(H2,19,20,24,25)/t12-/m1/s1. The molecule has 0 radical (unpaired) electrons. The van der Waals surface area contributed by atoms with Crippen molar-refractivity contribution in [3.8, 4) is 0 Å². The molecule has 0 aliphatic carbocycles. The van der Waals surface area contributed by atoms with Gasteiger partial charge >= 0.3 is 12.0 Å². The van der Waals surface area contributed by atoms with Crippen LogP contribution >= 0.6 is 11.8 Å². The summed E-state index contributed by atoms with van der Waals surface area (Å²) in [5, 5.41) is 4.62. The molecule has 2 rings (SSSR count). The Bertz CT molecular complexity index is 737. The van der Waals surface area contributed by atoms with E-state index < -0.39 is 24.0 Å². The molecule has 1 aliphatic rings. The van der Waals surface area contributed by atoms with E-state index in [-0.39, 0.29) is 24.9 Å². The maximum Gasteiger partial charge on any atom is 0.321 e. The third kappa shape index (κ3) is 5.99. The number of esters is 1. The SMILES string of the molecule is CC(C)NC(=O)NC(=O)[C@@H](C)OC(=O)CCN1C(=O)CSc2ccccc21. The van der Waals surface area contributed by atoms with E-state index in [2.05, 4.69) is 10.6 Å². The van der Waals surface area contributed by atoms with E-state index in [0.29, 0.717) is 5.75 Å². The number of ether oxygens (including phenoxy) is 1. The van der Waals surface area contributed by atoms with Gasteiger partial charge in [0.15, 0.2) is 6.10 Å². The smallest absolute Gasteiger partial charge is 0.321 e. The van der Waals surface area contributed by atoms with Gasteiger partial charge in [-0.2, -0.15) is 0 Å². The van der Waals surface area contributed by atoms with Gasteiger partial charge in [-0.05, 0) is 32.9 Å². The Morgan fingerprint density at radius 2 is 1.93 bits per heavy atom. The average Bonchev–Trinajstić information content (AvgIpc) is 2.60. The maximum atomic E-state index is 12.2. The number of urea groups is 1. The van der Waals surface area contributed by atoms with E-state index in [1.807, 2.05) is 24.3 Å². The second-order valence-corrected chi connectivity index (χ2v) is 7.32. The highest BCUT2D eigenvalue weighted by Crippen LogP contribution is 2.34. The van der Waals surface area contributed by atoms with E-state index in [1.54, 1.807) is 18.7 Å². The van der Waals surface area contributed by atoms with Crippen molar-refractivity contribution in [2.45, 2.75) is 44.2 Å². The number of para-hydroxylation sites is 1. The van der Waals surface area contributed by atoms with Crippen LogP contribution in [0.2, 0.25) is 0 Å². The van der Waals surface area contributed by atoms with E-state index in [1.165, 1.54) is 18.7 Å². The Hall–Kier alpha value is -2.55. The van der Waals surface area contributed by atoms with Crippen LogP contribution in [0.4, 0.5) is 10.5 Å². The van der Waals surface area contributed by atoms with Crippen LogP contribution in [0.1, 0.15) is 27.2 Å². The van der Waals surface area contributed by atoms with Gasteiger partial charge in [-0.25, -0.2) is 4.79 Å². The summed E-state index contributed by atoms with van der Waals surface area (Å²) in [5.41, 5.74) is 0.766. The first-order valence-electron chi connectivity index (χ1n) is 8.61. The van der Waals surface area contributed by atoms with Gasteiger partial charge in [-0.1, -0.05) is 12.1 Å². The summed E-state index contributed by atoms with van der Waals surface area (Å²) in [5.74, 6) is -1.10. The molecule has 27 heavy (non-hydrogen) atoms. The van der Waals surface area contributed by atoms with Crippen LogP contribution in [0.15, 0.2) is 29.2 Å². The highest BCUT2D eigenvalue weighted by molar-refractivity contribution is 8.00. The first kappa shape index (κ1) is 20.8. The molecular weight excluding hydrogens is 370 g/mol. The summed E-state index contributed by atoms with van der Waals surface area (Å²) in [7, 11) is 0. The number of imide groups is 1. The number of amides is 4. The van der Waals surface area contributed by atoms with E-state index in [0.717, 1.165) is 10.6 Å². The van der Waals surface area contributed by atoms with Gasteiger partial charge in [0, 0.05) is 17.5 Å². The van der Waals surface area contributed by atoms with Gasteiger partial charge < -0.3 is 15.0 Å². The normalized spacial score (nSPS) is 14.4. The number of hydrogen-bond donors (Lipinski definition) is 2. The van der Waals surface area contributed by atoms with E-state index >= 15 is 0 Å². The van der Waals surface area contributed by atoms with Gasteiger partial charge in [-0.15, -0.1) is 11.8 Å². The molecule has 9 heteroatoms. The fourth-order valence-electron chi connectivity index (χ4n) is 2.42. The van der Waals surface area contributed by atoms with E-state index in [9.17, 15) is 19.2 Å². The molecule has 0 bridgehead atoms. The number of carbonyl (C=O) groups is 4. The number of nitrogens with one attached hydrogen (secondary N) is 2. The van der Waals surface area contributed by atoms with Gasteiger partial charge in [0.2, 0.25) is 5.91 Å². The highest BCUT2D eigenvalue weighted by Gasteiger charge is 2.26. The van der Waals surface area contributed by atoms with Gasteiger partial charge in [0.25, 0.3) is 5.91 Å². The Kier molecular flexibility index (Phi) is 7.23. The number of nitrogens with zero attached hydrogens (tertiary/aromatic N) is 1. The Morgan fingerprint density at radius 3 is 2.63 bits per heavy atom. The number of carbonyl (C=O) groups excluding carboxylic acids is 4. The lowest BCUT2D eigenvalue weighted by molar-refractivity contribution is -0.154. The number of anilines is 1. The van der Waals surface area contributed by atoms with Crippen LogP contribution in [-0.2, 0) is 19.1 Å². The quantitative estimate of drug-likeness (QED) is 0.713. The molecule has 146 valence electrons. The van der Waals surface area contributed by atoms with Crippen molar-refractivity contribution in [1.29, 1.82) is 0 Å². The molecule has 0 aromatic heterocycles. The van der Waals surface area contributed by atoms with Crippen LogP contribution in [0, 0.1) is 0 Å². The topological polar surface area (TPSA) is 105 Å². The van der Waals surface area contributed by atoms with Gasteiger partial charge in [0.1, 0.15) is 0 Å². The maximum absolute atomic E-state index is 12.2. The first-order chi connectivity index (χ1) is 12.8. The number of hydrogen-bond acceptors (Lipinski definition) is 6. The molecule has 0 fully saturated rings. The predicted molar refractivity (Wildman–Crippen MR) is 102 cm³/mol. The van der Waals surface area contributed by atoms with Crippen molar-refractivity contribution in [2.75, 3.05) is 17.2 Å². The zero-order valence-electron chi connectivity index (χ0n) is 15.5. The minimum absolute atomic E-state index is 0.0550. The molecule has 2 N–H and O–H groups in total. The number of rotatable bonds is 6. The van der Waals surface area contributed by atoms with Crippen molar-refractivity contribution in [1.82, 2.24) is 10.6 Å². The first-order valence-corrected chi connectivity index (χ1v) is 9.59. The number of thioether (sulfide) groups is 1. The predicted octanol–water partition coefficient (Wildman–Crippen LogP) is 1.68. The molecule has 8 nitrogen and oxygen atoms in total. The molecule has 0 spiro atoms. The zero-order valence-corrected chi connectivity index (χ0v) is 16.3. The second-order valence-electron chi connectivity index (χ2n) is 6.30. The minimum Gasteiger partial charge on any atom is -0.452 e. The van der Waals surface area contributed by atoms with Gasteiger partial charge in [0.05, 0.1) is 17.9 Å². The number of benzene rings is 1. The fourth-order valence-corrected chi connectivity index (χ4v) is 3.36. The Balaban J connectivity index is 1.84. The van der Waals surface area contributed by atoms with Crippen molar-refractivity contribution >= 4 is 41.3 Å².